The second-order valence-electron chi connectivity index (χ2n) is 4.22. The second-order valence-corrected chi connectivity index (χ2v) is 4.22. The van der Waals surface area contributed by atoms with E-state index in [1.807, 2.05) is 11.0 Å². The summed E-state index contributed by atoms with van der Waals surface area (Å²) in [4.78, 5) is 17.0. The predicted molar refractivity (Wildman–Crippen MR) is 62.0 cm³/mol. The Bertz CT molecular complexity index is 560. The molecule has 0 aliphatic heterocycles. The van der Waals surface area contributed by atoms with E-state index < -0.39 is 5.97 Å². The first kappa shape index (κ1) is 10.1. The molecule has 0 unspecified atom stereocenters. The van der Waals surface area contributed by atoms with Crippen LogP contribution in [0.4, 0.5) is 5.82 Å². The summed E-state index contributed by atoms with van der Waals surface area (Å²) >= 11 is 0. The van der Waals surface area contributed by atoms with Crippen LogP contribution in [0.5, 0.6) is 0 Å². The Morgan fingerprint density at radius 3 is 3.06 bits per heavy atom. The average Bonchev–Trinajstić information content (AvgIpc) is 3.02. The Labute approximate surface area is 97.7 Å². The SMILES string of the molecule is O=C(O)CN(c1nccc2occc12)C1CC1. The Morgan fingerprint density at radius 1 is 1.53 bits per heavy atom. The van der Waals surface area contributed by atoms with Crippen molar-refractivity contribution in [3.05, 3.63) is 24.6 Å². The molecule has 17 heavy (non-hydrogen) atoms. The van der Waals surface area contributed by atoms with E-state index in [0.29, 0.717) is 11.9 Å². The van der Waals surface area contributed by atoms with Crippen LogP contribution in [0, 0.1) is 0 Å². The molecule has 1 saturated carbocycles. The van der Waals surface area contributed by atoms with Gasteiger partial charge in [0.2, 0.25) is 0 Å². The molecular formula is C12H12N2O3. The zero-order chi connectivity index (χ0) is 11.8. The number of hydrogen-bond acceptors (Lipinski definition) is 4. The van der Waals surface area contributed by atoms with Gasteiger partial charge in [0.05, 0.1) is 11.6 Å². The number of carboxylic acid groups (broad SMARTS) is 1. The summed E-state index contributed by atoms with van der Waals surface area (Å²) in [5.74, 6) is -0.125. The molecule has 0 spiro atoms. The van der Waals surface area contributed by atoms with Crippen LogP contribution in [0.15, 0.2) is 29.0 Å². The lowest BCUT2D eigenvalue weighted by Crippen LogP contribution is -2.32. The minimum absolute atomic E-state index is 0.0119. The normalized spacial score (nSPS) is 15.1. The lowest BCUT2D eigenvalue weighted by molar-refractivity contribution is -0.135. The summed E-state index contributed by atoms with van der Waals surface area (Å²) in [7, 11) is 0. The van der Waals surface area contributed by atoms with Crippen molar-refractivity contribution in [1.82, 2.24) is 4.98 Å². The van der Waals surface area contributed by atoms with Crippen molar-refractivity contribution < 1.29 is 14.3 Å². The molecule has 1 fully saturated rings. The van der Waals surface area contributed by atoms with E-state index in [2.05, 4.69) is 4.98 Å². The van der Waals surface area contributed by atoms with Crippen molar-refractivity contribution in [1.29, 1.82) is 0 Å². The van der Waals surface area contributed by atoms with Crippen molar-refractivity contribution in [2.45, 2.75) is 18.9 Å². The molecule has 2 aromatic rings. The highest BCUT2D eigenvalue weighted by atomic mass is 16.4. The van der Waals surface area contributed by atoms with Crippen LogP contribution in [-0.4, -0.2) is 28.6 Å². The Hall–Kier alpha value is -2.04. The smallest absolute Gasteiger partial charge is 0.323 e. The number of nitrogens with zero attached hydrogens (tertiary/aromatic N) is 2. The molecule has 0 radical (unpaired) electrons. The van der Waals surface area contributed by atoms with E-state index in [0.717, 1.165) is 23.8 Å². The first-order chi connectivity index (χ1) is 8.25. The molecule has 1 N–H and O–H groups in total. The van der Waals surface area contributed by atoms with E-state index in [9.17, 15) is 4.79 Å². The molecule has 88 valence electrons. The lowest BCUT2D eigenvalue weighted by Gasteiger charge is -2.21. The van der Waals surface area contributed by atoms with Gasteiger partial charge in [0, 0.05) is 12.2 Å². The third-order valence-electron chi connectivity index (χ3n) is 2.92. The molecule has 0 saturated heterocycles. The first-order valence-corrected chi connectivity index (χ1v) is 5.56. The monoisotopic (exact) mass is 232 g/mol. The fourth-order valence-electron chi connectivity index (χ4n) is 2.02. The van der Waals surface area contributed by atoms with Gasteiger partial charge in [-0.2, -0.15) is 0 Å². The van der Waals surface area contributed by atoms with E-state index in [1.165, 1.54) is 0 Å². The minimum atomic E-state index is -0.834. The fourth-order valence-corrected chi connectivity index (χ4v) is 2.02. The van der Waals surface area contributed by atoms with Gasteiger partial charge in [0.15, 0.2) is 0 Å². The highest BCUT2D eigenvalue weighted by molar-refractivity contribution is 5.90. The van der Waals surface area contributed by atoms with Crippen LogP contribution < -0.4 is 4.90 Å². The molecule has 5 heteroatoms. The summed E-state index contributed by atoms with van der Waals surface area (Å²) < 4.78 is 5.30. The van der Waals surface area contributed by atoms with Crippen LogP contribution in [0.1, 0.15) is 12.8 Å². The summed E-state index contributed by atoms with van der Waals surface area (Å²) in [5.41, 5.74) is 0.742. The maximum atomic E-state index is 10.9. The number of hydrogen-bond donors (Lipinski definition) is 1. The largest absolute Gasteiger partial charge is 0.480 e. The topological polar surface area (TPSA) is 66.6 Å². The van der Waals surface area contributed by atoms with Crippen LogP contribution >= 0.6 is 0 Å². The number of carbonyl (C=O) groups is 1. The van der Waals surface area contributed by atoms with Gasteiger partial charge >= 0.3 is 5.97 Å². The second kappa shape index (κ2) is 3.76. The molecule has 0 bridgehead atoms. The van der Waals surface area contributed by atoms with Gasteiger partial charge in [0.25, 0.3) is 0 Å². The van der Waals surface area contributed by atoms with Gasteiger partial charge in [-0.05, 0) is 25.0 Å². The number of anilines is 1. The third-order valence-corrected chi connectivity index (χ3v) is 2.92. The maximum absolute atomic E-state index is 10.9. The number of carboxylic acids is 1. The zero-order valence-electron chi connectivity index (χ0n) is 9.17. The van der Waals surface area contributed by atoms with E-state index in [1.54, 1.807) is 18.5 Å². The number of aromatic nitrogens is 1. The standard InChI is InChI=1S/C12H12N2O3/c15-11(16)7-14(8-1-2-8)12-9-4-6-17-10(9)3-5-13-12/h3-6,8H,1-2,7H2,(H,15,16). The number of furan rings is 1. The number of aliphatic carboxylic acids is 1. The van der Waals surface area contributed by atoms with Crippen LogP contribution in [0.3, 0.4) is 0 Å². The van der Waals surface area contributed by atoms with Crippen LogP contribution in [0.2, 0.25) is 0 Å². The number of rotatable bonds is 4. The Balaban J connectivity index is 2.04. The van der Waals surface area contributed by atoms with E-state index in [-0.39, 0.29) is 6.54 Å². The predicted octanol–water partition coefficient (Wildman–Crippen LogP) is 1.88. The van der Waals surface area contributed by atoms with E-state index in [4.69, 9.17) is 9.52 Å². The average molecular weight is 232 g/mol. The lowest BCUT2D eigenvalue weighted by atomic mass is 10.3. The first-order valence-electron chi connectivity index (χ1n) is 5.56. The van der Waals surface area contributed by atoms with Gasteiger partial charge in [-0.25, -0.2) is 4.98 Å². The third kappa shape index (κ3) is 1.84. The maximum Gasteiger partial charge on any atom is 0.323 e. The van der Waals surface area contributed by atoms with Crippen LogP contribution in [0.25, 0.3) is 11.0 Å². The molecule has 2 aromatic heterocycles. The van der Waals surface area contributed by atoms with Gasteiger partial charge in [-0.3, -0.25) is 4.79 Å². The van der Waals surface area contributed by atoms with Crippen molar-refractivity contribution in [3.8, 4) is 0 Å². The van der Waals surface area contributed by atoms with Crippen molar-refractivity contribution >= 4 is 22.8 Å². The molecule has 1 aliphatic rings. The molecule has 2 heterocycles. The highest BCUT2D eigenvalue weighted by Gasteiger charge is 2.32. The molecule has 0 atom stereocenters. The number of fused-ring (bicyclic) bond motifs is 1. The summed E-state index contributed by atoms with van der Waals surface area (Å²) in [6, 6.07) is 3.92. The van der Waals surface area contributed by atoms with Gasteiger partial charge in [0.1, 0.15) is 17.9 Å². The molecular weight excluding hydrogens is 220 g/mol. The molecule has 1 aliphatic carbocycles. The molecule has 0 amide bonds. The summed E-state index contributed by atoms with van der Waals surface area (Å²) in [5, 5.41) is 9.83. The molecule has 0 aromatic carbocycles. The van der Waals surface area contributed by atoms with Gasteiger partial charge in [-0.1, -0.05) is 0 Å². The molecule has 3 rings (SSSR count). The van der Waals surface area contributed by atoms with Crippen molar-refractivity contribution in [2.24, 2.45) is 0 Å². The quantitative estimate of drug-likeness (QED) is 0.871. The Morgan fingerprint density at radius 2 is 2.35 bits per heavy atom. The van der Waals surface area contributed by atoms with Gasteiger partial charge in [-0.15, -0.1) is 0 Å². The van der Waals surface area contributed by atoms with Gasteiger partial charge < -0.3 is 14.4 Å². The Kier molecular flexibility index (Phi) is 2.24. The summed E-state index contributed by atoms with van der Waals surface area (Å²) in [6.07, 6.45) is 5.31. The zero-order valence-corrected chi connectivity index (χ0v) is 9.17. The van der Waals surface area contributed by atoms with Crippen molar-refractivity contribution in [3.63, 3.8) is 0 Å². The van der Waals surface area contributed by atoms with Crippen LogP contribution in [-0.2, 0) is 4.79 Å². The minimum Gasteiger partial charge on any atom is -0.480 e. The van der Waals surface area contributed by atoms with E-state index >= 15 is 0 Å². The summed E-state index contributed by atoms with van der Waals surface area (Å²) in [6.45, 7) is -0.0119. The highest BCUT2D eigenvalue weighted by Crippen LogP contribution is 2.34. The fraction of sp³-hybridized carbons (Fsp3) is 0.333. The number of pyridine rings is 1. The van der Waals surface area contributed by atoms with Crippen molar-refractivity contribution in [2.75, 3.05) is 11.4 Å². The molecule has 5 nitrogen and oxygen atoms in total.